The average molecular weight is 184 g/mol. The molecule has 13 heavy (non-hydrogen) atoms. The third-order valence-corrected chi connectivity index (χ3v) is 3.15. The number of hydrogen-bond acceptors (Lipinski definition) is 1. The topological polar surface area (TPSA) is 9.23 Å². The zero-order valence-corrected chi connectivity index (χ0v) is 9.22. The van der Waals surface area contributed by atoms with Crippen LogP contribution in [0.4, 0.5) is 0 Å². The van der Waals surface area contributed by atoms with Crippen LogP contribution in [0, 0.1) is 5.92 Å². The van der Waals surface area contributed by atoms with Gasteiger partial charge in [-0.05, 0) is 26.2 Å². The van der Waals surface area contributed by atoms with Crippen LogP contribution < -0.4 is 0 Å². The van der Waals surface area contributed by atoms with E-state index in [1.165, 1.54) is 44.9 Å². The van der Waals surface area contributed by atoms with Gasteiger partial charge in [-0.2, -0.15) is 0 Å². The highest BCUT2D eigenvalue weighted by atomic mass is 16.5. The van der Waals surface area contributed by atoms with Crippen LogP contribution in [0.5, 0.6) is 0 Å². The molecule has 0 amide bonds. The zero-order valence-electron chi connectivity index (χ0n) is 9.22. The van der Waals surface area contributed by atoms with Crippen molar-refractivity contribution in [2.75, 3.05) is 6.61 Å². The first kappa shape index (κ1) is 11.0. The molecule has 1 fully saturated rings. The molecule has 0 heterocycles. The summed E-state index contributed by atoms with van der Waals surface area (Å²) in [6, 6.07) is 0. The molecule has 1 heteroatoms. The highest BCUT2D eigenvalue weighted by molar-refractivity contribution is 4.69. The summed E-state index contributed by atoms with van der Waals surface area (Å²) in [6.45, 7) is 5.13. The molecule has 1 aliphatic rings. The van der Waals surface area contributed by atoms with Gasteiger partial charge in [-0.15, -0.1) is 0 Å². The predicted molar refractivity (Wildman–Crippen MR) is 56.9 cm³/mol. The van der Waals surface area contributed by atoms with Crippen LogP contribution in [0.25, 0.3) is 0 Å². The van der Waals surface area contributed by atoms with Crippen molar-refractivity contribution in [3.63, 3.8) is 0 Å². The molecule has 1 atom stereocenters. The fourth-order valence-electron chi connectivity index (χ4n) is 2.01. The summed E-state index contributed by atoms with van der Waals surface area (Å²) in [6.07, 6.45) is 10.5. The second kappa shape index (κ2) is 6.42. The molecular formula is C12H24O. The molecule has 0 aromatic rings. The van der Waals surface area contributed by atoms with E-state index < -0.39 is 0 Å². The maximum atomic E-state index is 5.49. The van der Waals surface area contributed by atoms with Gasteiger partial charge in [-0.3, -0.25) is 0 Å². The fourth-order valence-corrected chi connectivity index (χ4v) is 2.01. The summed E-state index contributed by atoms with van der Waals surface area (Å²) in [5, 5.41) is 0. The summed E-state index contributed by atoms with van der Waals surface area (Å²) in [7, 11) is 0. The smallest absolute Gasteiger partial charge is 0.0546 e. The molecule has 0 aromatic carbocycles. The third-order valence-electron chi connectivity index (χ3n) is 3.15. The first-order chi connectivity index (χ1) is 6.33. The molecule has 0 N–H and O–H groups in total. The minimum absolute atomic E-state index is 0.478. The molecular weight excluding hydrogens is 160 g/mol. The van der Waals surface area contributed by atoms with E-state index in [1.807, 2.05) is 0 Å². The Kier molecular flexibility index (Phi) is 5.45. The van der Waals surface area contributed by atoms with Crippen molar-refractivity contribution in [2.24, 2.45) is 5.92 Å². The molecule has 1 unspecified atom stereocenters. The molecule has 78 valence electrons. The Morgan fingerprint density at radius 3 is 2.62 bits per heavy atom. The van der Waals surface area contributed by atoms with Gasteiger partial charge in [-0.25, -0.2) is 0 Å². The van der Waals surface area contributed by atoms with Crippen molar-refractivity contribution in [3.8, 4) is 0 Å². The molecule has 0 aromatic heterocycles. The van der Waals surface area contributed by atoms with E-state index in [1.54, 1.807) is 0 Å². The van der Waals surface area contributed by atoms with E-state index in [0.717, 1.165) is 12.5 Å². The Labute approximate surface area is 82.9 Å². The second-order valence-corrected chi connectivity index (χ2v) is 4.35. The van der Waals surface area contributed by atoms with Crippen molar-refractivity contribution in [2.45, 2.75) is 64.9 Å². The van der Waals surface area contributed by atoms with E-state index in [4.69, 9.17) is 4.74 Å². The van der Waals surface area contributed by atoms with Crippen LogP contribution in [-0.4, -0.2) is 12.7 Å². The maximum Gasteiger partial charge on any atom is 0.0546 e. The molecule has 0 saturated heterocycles. The fraction of sp³-hybridized carbons (Fsp3) is 1.00. The van der Waals surface area contributed by atoms with Crippen LogP contribution in [0.3, 0.4) is 0 Å². The van der Waals surface area contributed by atoms with Gasteiger partial charge < -0.3 is 4.74 Å². The van der Waals surface area contributed by atoms with Gasteiger partial charge in [0.2, 0.25) is 0 Å². The Morgan fingerprint density at radius 1 is 1.31 bits per heavy atom. The molecule has 1 saturated carbocycles. The van der Waals surface area contributed by atoms with Gasteiger partial charge in [0.25, 0.3) is 0 Å². The SMILES string of the molecule is CCOC(C)CCCCC1CCC1. The standard InChI is InChI=1S/C12H24O/c1-3-13-11(2)7-4-5-8-12-9-6-10-12/h11-12H,3-10H2,1-2H3. The number of rotatable bonds is 7. The first-order valence-electron chi connectivity index (χ1n) is 5.94. The van der Waals surface area contributed by atoms with Crippen molar-refractivity contribution < 1.29 is 4.74 Å². The lowest BCUT2D eigenvalue weighted by Crippen LogP contribution is -2.11. The van der Waals surface area contributed by atoms with Crippen LogP contribution in [0.1, 0.15) is 58.8 Å². The minimum atomic E-state index is 0.478. The van der Waals surface area contributed by atoms with Gasteiger partial charge >= 0.3 is 0 Å². The van der Waals surface area contributed by atoms with E-state index in [9.17, 15) is 0 Å². The summed E-state index contributed by atoms with van der Waals surface area (Å²) in [5.74, 6) is 1.09. The van der Waals surface area contributed by atoms with Crippen molar-refractivity contribution in [1.29, 1.82) is 0 Å². The van der Waals surface area contributed by atoms with Crippen molar-refractivity contribution >= 4 is 0 Å². The lowest BCUT2D eigenvalue weighted by atomic mass is 9.81. The van der Waals surface area contributed by atoms with Crippen LogP contribution >= 0.6 is 0 Å². The van der Waals surface area contributed by atoms with E-state index >= 15 is 0 Å². The van der Waals surface area contributed by atoms with Gasteiger partial charge in [0.15, 0.2) is 0 Å². The normalized spacial score (nSPS) is 19.8. The first-order valence-corrected chi connectivity index (χ1v) is 5.94. The number of unbranched alkanes of at least 4 members (excludes halogenated alkanes) is 1. The average Bonchev–Trinajstić information content (AvgIpc) is 2.01. The molecule has 0 radical (unpaired) electrons. The lowest BCUT2D eigenvalue weighted by molar-refractivity contribution is 0.0678. The predicted octanol–water partition coefficient (Wildman–Crippen LogP) is 3.77. The maximum absolute atomic E-state index is 5.49. The van der Waals surface area contributed by atoms with E-state index in [-0.39, 0.29) is 0 Å². The Bertz CT molecular complexity index is 118. The minimum Gasteiger partial charge on any atom is -0.379 e. The quantitative estimate of drug-likeness (QED) is 0.547. The monoisotopic (exact) mass is 184 g/mol. The Balaban J connectivity index is 1.82. The summed E-state index contributed by atoms with van der Waals surface area (Å²) in [4.78, 5) is 0. The Morgan fingerprint density at radius 2 is 2.08 bits per heavy atom. The zero-order chi connectivity index (χ0) is 9.52. The van der Waals surface area contributed by atoms with Gasteiger partial charge in [-0.1, -0.05) is 38.5 Å². The lowest BCUT2D eigenvalue weighted by Gasteiger charge is -2.25. The third kappa shape index (κ3) is 4.66. The number of hydrogen-bond donors (Lipinski definition) is 0. The Hall–Kier alpha value is -0.0400. The number of ether oxygens (including phenoxy) is 1. The van der Waals surface area contributed by atoms with Crippen molar-refractivity contribution in [1.82, 2.24) is 0 Å². The molecule has 1 nitrogen and oxygen atoms in total. The van der Waals surface area contributed by atoms with E-state index in [0.29, 0.717) is 6.10 Å². The van der Waals surface area contributed by atoms with Gasteiger partial charge in [0, 0.05) is 6.61 Å². The molecule has 0 aliphatic heterocycles. The van der Waals surface area contributed by atoms with Crippen molar-refractivity contribution in [3.05, 3.63) is 0 Å². The molecule has 0 bridgehead atoms. The van der Waals surface area contributed by atoms with Gasteiger partial charge in [0.1, 0.15) is 0 Å². The molecule has 0 spiro atoms. The van der Waals surface area contributed by atoms with E-state index in [2.05, 4.69) is 13.8 Å². The second-order valence-electron chi connectivity index (χ2n) is 4.35. The van der Waals surface area contributed by atoms with Gasteiger partial charge in [0.05, 0.1) is 6.10 Å². The largest absolute Gasteiger partial charge is 0.379 e. The highest BCUT2D eigenvalue weighted by Gasteiger charge is 2.16. The van der Waals surface area contributed by atoms with Crippen LogP contribution in [0.2, 0.25) is 0 Å². The highest BCUT2D eigenvalue weighted by Crippen LogP contribution is 2.31. The molecule has 1 rings (SSSR count). The van der Waals surface area contributed by atoms with Crippen LogP contribution in [-0.2, 0) is 4.74 Å². The van der Waals surface area contributed by atoms with Crippen LogP contribution in [0.15, 0.2) is 0 Å². The summed E-state index contributed by atoms with van der Waals surface area (Å²) < 4.78 is 5.49. The summed E-state index contributed by atoms with van der Waals surface area (Å²) in [5.41, 5.74) is 0. The molecule has 1 aliphatic carbocycles. The summed E-state index contributed by atoms with van der Waals surface area (Å²) >= 11 is 0.